The number of nitrogens with zero attached hydrogens (tertiary/aromatic N) is 3. The summed E-state index contributed by atoms with van der Waals surface area (Å²) in [7, 11) is 3.56. The van der Waals surface area contributed by atoms with Crippen LogP contribution in [0.5, 0.6) is 0 Å². The first-order valence-corrected chi connectivity index (χ1v) is 9.01. The van der Waals surface area contributed by atoms with Gasteiger partial charge in [-0.3, -0.25) is 14.8 Å². The van der Waals surface area contributed by atoms with Gasteiger partial charge in [0.2, 0.25) is 5.91 Å². The van der Waals surface area contributed by atoms with Crippen molar-refractivity contribution in [2.75, 3.05) is 20.6 Å². The summed E-state index contributed by atoms with van der Waals surface area (Å²) in [4.78, 5) is 22.6. The number of rotatable bonds is 5. The molecule has 1 aromatic heterocycles. The number of likely N-dealkylation sites (N-methyl/N-ethyl adjacent to an activating group) is 1. The number of hydrogen-bond acceptors (Lipinski definition) is 3. The Labute approximate surface area is 184 Å². The maximum Gasteiger partial charge on any atom is 0.240 e. The van der Waals surface area contributed by atoms with Crippen molar-refractivity contribution in [1.82, 2.24) is 20.5 Å². The van der Waals surface area contributed by atoms with Gasteiger partial charge < -0.3 is 15.5 Å². The normalized spacial score (nSPS) is 11.4. The highest BCUT2D eigenvalue weighted by Crippen LogP contribution is 2.17. The molecule has 0 spiro atoms. The number of halogens is 1. The van der Waals surface area contributed by atoms with Crippen LogP contribution in [0.15, 0.2) is 53.7 Å². The number of carbonyl (C=O) groups is 1. The number of amides is 1. The summed E-state index contributed by atoms with van der Waals surface area (Å²) in [6.45, 7) is 6.75. The summed E-state index contributed by atoms with van der Waals surface area (Å²) in [5.74, 6) is 0.632. The molecule has 0 aliphatic rings. The molecule has 0 saturated carbocycles. The fourth-order valence-electron chi connectivity index (χ4n) is 2.69. The molecule has 1 aromatic carbocycles. The van der Waals surface area contributed by atoms with E-state index in [1.165, 1.54) is 0 Å². The van der Waals surface area contributed by atoms with Crippen LogP contribution in [0.25, 0.3) is 11.3 Å². The van der Waals surface area contributed by atoms with Gasteiger partial charge in [0.25, 0.3) is 0 Å². The predicted octanol–water partition coefficient (Wildman–Crippen LogP) is 3.29. The summed E-state index contributed by atoms with van der Waals surface area (Å²) in [6, 6.07) is 14.1. The Morgan fingerprint density at radius 1 is 1.18 bits per heavy atom. The predicted molar refractivity (Wildman–Crippen MR) is 126 cm³/mol. The maximum absolute atomic E-state index is 12.1. The molecule has 2 aromatic rings. The Hall–Kier alpha value is -2.16. The van der Waals surface area contributed by atoms with Gasteiger partial charge >= 0.3 is 0 Å². The van der Waals surface area contributed by atoms with Crippen LogP contribution in [0.3, 0.4) is 0 Å². The Balaban J connectivity index is 0.00000392. The average Bonchev–Trinajstić information content (AvgIpc) is 2.61. The first-order chi connectivity index (χ1) is 12.8. The Kier molecular flexibility index (Phi) is 9.37. The topological polar surface area (TPSA) is 69.6 Å². The number of nitrogens with one attached hydrogen (secondary N) is 2. The van der Waals surface area contributed by atoms with Crippen molar-refractivity contribution < 1.29 is 4.79 Å². The molecule has 1 heterocycles. The van der Waals surface area contributed by atoms with Gasteiger partial charge in [0.1, 0.15) is 0 Å². The van der Waals surface area contributed by atoms with Crippen LogP contribution in [-0.4, -0.2) is 47.9 Å². The third-order valence-corrected chi connectivity index (χ3v) is 3.81. The highest BCUT2D eigenvalue weighted by atomic mass is 127. The largest absolute Gasteiger partial charge is 0.352 e. The molecule has 152 valence electrons. The molecular formula is C21H30IN5O. The van der Waals surface area contributed by atoms with E-state index in [1.807, 2.05) is 63.1 Å². The van der Waals surface area contributed by atoms with Crippen LogP contribution in [-0.2, 0) is 11.3 Å². The molecule has 0 bridgehead atoms. The summed E-state index contributed by atoms with van der Waals surface area (Å²) >= 11 is 0. The molecule has 2 N–H and O–H groups in total. The van der Waals surface area contributed by atoms with Crippen LogP contribution in [0.1, 0.15) is 26.3 Å². The minimum absolute atomic E-state index is 0. The number of hydrogen-bond donors (Lipinski definition) is 2. The number of pyridine rings is 1. The number of benzene rings is 1. The van der Waals surface area contributed by atoms with E-state index in [2.05, 4.69) is 32.7 Å². The van der Waals surface area contributed by atoms with E-state index >= 15 is 0 Å². The zero-order chi connectivity index (χ0) is 19.9. The monoisotopic (exact) mass is 495 g/mol. The van der Waals surface area contributed by atoms with Gasteiger partial charge in [-0.25, -0.2) is 0 Å². The first kappa shape index (κ1) is 23.9. The molecule has 28 heavy (non-hydrogen) atoms. The number of aromatic nitrogens is 1. The Bertz CT molecular complexity index is 787. The lowest BCUT2D eigenvalue weighted by Gasteiger charge is -2.25. The fourth-order valence-corrected chi connectivity index (χ4v) is 2.69. The van der Waals surface area contributed by atoms with Crippen molar-refractivity contribution in [3.8, 4) is 11.3 Å². The van der Waals surface area contributed by atoms with E-state index in [9.17, 15) is 4.79 Å². The van der Waals surface area contributed by atoms with E-state index in [4.69, 9.17) is 0 Å². The van der Waals surface area contributed by atoms with Gasteiger partial charge in [-0.2, -0.15) is 0 Å². The van der Waals surface area contributed by atoms with E-state index in [0.717, 1.165) is 16.8 Å². The van der Waals surface area contributed by atoms with E-state index < -0.39 is 0 Å². The second-order valence-electron chi connectivity index (χ2n) is 7.47. The van der Waals surface area contributed by atoms with Crippen LogP contribution in [0, 0.1) is 0 Å². The van der Waals surface area contributed by atoms with Gasteiger partial charge in [-0.15, -0.1) is 24.0 Å². The lowest BCUT2D eigenvalue weighted by molar-refractivity contribution is -0.122. The summed E-state index contributed by atoms with van der Waals surface area (Å²) in [5, 5.41) is 6.27. The van der Waals surface area contributed by atoms with Gasteiger partial charge in [-0.05, 0) is 44.5 Å². The van der Waals surface area contributed by atoms with Gasteiger partial charge in [-0.1, -0.05) is 24.3 Å². The lowest BCUT2D eigenvalue weighted by atomic mass is 10.1. The van der Waals surface area contributed by atoms with Crippen LogP contribution >= 0.6 is 24.0 Å². The number of guanidine groups is 1. The molecule has 6 nitrogen and oxygen atoms in total. The highest BCUT2D eigenvalue weighted by Gasteiger charge is 2.16. The van der Waals surface area contributed by atoms with Gasteiger partial charge in [0.15, 0.2) is 5.96 Å². The van der Waals surface area contributed by atoms with Crippen molar-refractivity contribution in [2.45, 2.75) is 32.9 Å². The molecule has 0 saturated heterocycles. The molecule has 0 radical (unpaired) electrons. The van der Waals surface area contributed by atoms with E-state index in [-0.39, 0.29) is 42.0 Å². The molecule has 2 rings (SSSR count). The molecule has 7 heteroatoms. The SMILES string of the molecule is CN=C(NCc1cccc(-c2ccccn2)c1)N(C)CC(=O)NC(C)(C)C.I. The smallest absolute Gasteiger partial charge is 0.240 e. The number of aliphatic imine (C=N–C) groups is 1. The third-order valence-electron chi connectivity index (χ3n) is 3.81. The molecule has 0 aliphatic heterocycles. The van der Waals surface area contributed by atoms with E-state index in [0.29, 0.717) is 12.5 Å². The molecule has 0 aliphatic carbocycles. The molecular weight excluding hydrogens is 465 g/mol. The highest BCUT2D eigenvalue weighted by molar-refractivity contribution is 14.0. The van der Waals surface area contributed by atoms with Crippen LogP contribution in [0.4, 0.5) is 0 Å². The quantitative estimate of drug-likeness (QED) is 0.380. The Morgan fingerprint density at radius 3 is 2.54 bits per heavy atom. The second kappa shape index (κ2) is 11.0. The lowest BCUT2D eigenvalue weighted by Crippen LogP contribution is -2.48. The van der Waals surface area contributed by atoms with Crippen molar-refractivity contribution in [2.24, 2.45) is 4.99 Å². The van der Waals surface area contributed by atoms with Crippen LogP contribution < -0.4 is 10.6 Å². The van der Waals surface area contributed by atoms with Gasteiger partial charge in [0, 0.05) is 37.9 Å². The maximum atomic E-state index is 12.1. The van der Waals surface area contributed by atoms with E-state index in [1.54, 1.807) is 13.2 Å². The van der Waals surface area contributed by atoms with Crippen molar-refractivity contribution >= 4 is 35.8 Å². The zero-order valence-corrected chi connectivity index (χ0v) is 19.5. The molecule has 1 amide bonds. The third kappa shape index (κ3) is 7.84. The van der Waals surface area contributed by atoms with Crippen molar-refractivity contribution in [1.29, 1.82) is 0 Å². The molecule has 0 unspecified atom stereocenters. The molecule has 0 fully saturated rings. The second-order valence-corrected chi connectivity index (χ2v) is 7.47. The average molecular weight is 495 g/mol. The van der Waals surface area contributed by atoms with Crippen molar-refractivity contribution in [3.05, 3.63) is 54.2 Å². The van der Waals surface area contributed by atoms with Crippen LogP contribution in [0.2, 0.25) is 0 Å². The standard InChI is InChI=1S/C21H29N5O.HI/c1-21(2,3)25-19(27)15-26(5)20(22-4)24-14-16-9-8-10-17(13-16)18-11-6-7-12-23-18;/h6-13H,14-15H2,1-5H3,(H,22,24)(H,25,27);1H. The number of carbonyl (C=O) groups excluding carboxylic acids is 1. The summed E-state index contributed by atoms with van der Waals surface area (Å²) in [5.41, 5.74) is 2.88. The first-order valence-electron chi connectivity index (χ1n) is 9.01. The minimum Gasteiger partial charge on any atom is -0.352 e. The van der Waals surface area contributed by atoms with Crippen molar-refractivity contribution in [3.63, 3.8) is 0 Å². The minimum atomic E-state index is -0.249. The fraction of sp³-hybridized carbons (Fsp3) is 0.381. The van der Waals surface area contributed by atoms with Gasteiger partial charge in [0.05, 0.1) is 12.2 Å². The Morgan fingerprint density at radius 2 is 1.93 bits per heavy atom. The molecule has 0 atom stereocenters. The summed E-state index contributed by atoms with van der Waals surface area (Å²) in [6.07, 6.45) is 1.79. The summed E-state index contributed by atoms with van der Waals surface area (Å²) < 4.78 is 0. The zero-order valence-electron chi connectivity index (χ0n) is 17.2.